The predicted octanol–water partition coefficient (Wildman–Crippen LogP) is 9.54. The summed E-state index contributed by atoms with van der Waals surface area (Å²) in [6, 6.07) is 19.0. The molecular weight excluding hydrogens is 669 g/mol. The Morgan fingerprint density at radius 2 is 1.70 bits per heavy atom. The van der Waals surface area contributed by atoms with Crippen LogP contribution in [0, 0.1) is 0 Å². The second kappa shape index (κ2) is 13.1. The molecule has 6 aromatic rings. The van der Waals surface area contributed by atoms with Crippen LogP contribution in [-0.2, 0) is 31.4 Å². The van der Waals surface area contributed by atoms with E-state index in [0.717, 1.165) is 68.1 Å². The van der Waals surface area contributed by atoms with E-state index >= 15 is 0 Å². The molecule has 0 radical (unpaired) electrons. The van der Waals surface area contributed by atoms with Crippen LogP contribution in [0.25, 0.3) is 27.3 Å². The van der Waals surface area contributed by atoms with E-state index in [4.69, 9.17) is 20.2 Å². The normalized spacial score (nSPS) is 13.0. The Hall–Kier alpha value is -3.05. The Bertz CT molecular complexity index is 1910. The smallest absolute Gasteiger partial charge is 0.202 e. The number of pyridine rings is 1. The van der Waals surface area contributed by atoms with Crippen LogP contribution in [0.2, 0.25) is 0 Å². The van der Waals surface area contributed by atoms with Gasteiger partial charge in [-0.05, 0) is 103 Å². The van der Waals surface area contributed by atoms with Gasteiger partial charge in [0.25, 0.3) is 0 Å². The Kier molecular flexibility index (Phi) is 8.85. The van der Waals surface area contributed by atoms with E-state index in [-0.39, 0.29) is 0 Å². The standard InChI is InChI=1S/C34H31BrN6S3/c1-3-21-9-7-10-22(4-2)30(21)41-31(23-11-8-18-36-19-23)39-40-34(41)44-33-29-26-12-5-6-13-27(26)43-32(29)37-28(38-33)20-42-25-16-14-24(35)15-17-25/h7-11,14-19H,3-6,12-13,20H2,1-2H3. The molecule has 0 atom stereocenters. The summed E-state index contributed by atoms with van der Waals surface area (Å²) in [5, 5.41) is 12.6. The van der Waals surface area contributed by atoms with Crippen molar-refractivity contribution >= 4 is 61.0 Å². The molecule has 4 aromatic heterocycles. The lowest BCUT2D eigenvalue weighted by Gasteiger charge is -2.18. The van der Waals surface area contributed by atoms with Crippen molar-refractivity contribution in [2.45, 2.75) is 73.2 Å². The largest absolute Gasteiger partial charge is 0.269 e. The Morgan fingerprint density at radius 3 is 2.45 bits per heavy atom. The highest BCUT2D eigenvalue weighted by Crippen LogP contribution is 2.43. The van der Waals surface area contributed by atoms with Crippen molar-refractivity contribution in [2.75, 3.05) is 0 Å². The number of hydrogen-bond donors (Lipinski definition) is 0. The highest BCUT2D eigenvalue weighted by atomic mass is 79.9. The Balaban J connectivity index is 1.38. The van der Waals surface area contributed by atoms with Gasteiger partial charge in [0, 0.05) is 37.6 Å². The molecule has 44 heavy (non-hydrogen) atoms. The molecule has 1 aliphatic rings. The number of para-hydroxylation sites is 1. The maximum absolute atomic E-state index is 5.25. The zero-order valence-electron chi connectivity index (χ0n) is 24.6. The summed E-state index contributed by atoms with van der Waals surface area (Å²) in [4.78, 5) is 18.5. The molecule has 222 valence electrons. The van der Waals surface area contributed by atoms with Crippen molar-refractivity contribution in [3.05, 3.63) is 98.9 Å². The van der Waals surface area contributed by atoms with Crippen LogP contribution in [-0.4, -0.2) is 29.7 Å². The predicted molar refractivity (Wildman–Crippen MR) is 185 cm³/mol. The van der Waals surface area contributed by atoms with Crippen molar-refractivity contribution in [1.29, 1.82) is 0 Å². The van der Waals surface area contributed by atoms with Gasteiger partial charge < -0.3 is 0 Å². The molecule has 6 nitrogen and oxygen atoms in total. The molecule has 7 rings (SSSR count). The number of thioether (sulfide) groups is 1. The van der Waals surface area contributed by atoms with Crippen molar-refractivity contribution in [3.8, 4) is 17.1 Å². The van der Waals surface area contributed by atoms with Crippen LogP contribution in [0.4, 0.5) is 0 Å². The highest BCUT2D eigenvalue weighted by Gasteiger charge is 2.26. The molecule has 0 N–H and O–H groups in total. The molecule has 0 bridgehead atoms. The minimum absolute atomic E-state index is 0.694. The molecule has 0 aliphatic heterocycles. The number of hydrogen-bond acceptors (Lipinski definition) is 8. The number of fused-ring (bicyclic) bond motifs is 3. The summed E-state index contributed by atoms with van der Waals surface area (Å²) in [5.41, 5.74) is 6.05. The minimum atomic E-state index is 0.694. The van der Waals surface area contributed by atoms with Crippen LogP contribution < -0.4 is 0 Å². The number of halogens is 1. The van der Waals surface area contributed by atoms with Gasteiger partial charge in [0.15, 0.2) is 5.82 Å². The first kappa shape index (κ1) is 29.6. The first-order valence-electron chi connectivity index (χ1n) is 15.0. The van der Waals surface area contributed by atoms with E-state index in [1.807, 2.05) is 23.6 Å². The van der Waals surface area contributed by atoms with Gasteiger partial charge in [-0.15, -0.1) is 33.3 Å². The first-order chi connectivity index (χ1) is 21.6. The number of benzene rings is 2. The number of rotatable bonds is 9. The molecule has 0 spiro atoms. The number of thiophene rings is 1. The maximum Gasteiger partial charge on any atom is 0.202 e. The number of nitrogens with zero attached hydrogens (tertiary/aromatic N) is 6. The lowest BCUT2D eigenvalue weighted by atomic mass is 9.97. The molecule has 0 saturated heterocycles. The molecular formula is C34H31BrN6S3. The van der Waals surface area contributed by atoms with Gasteiger partial charge >= 0.3 is 0 Å². The summed E-state index contributed by atoms with van der Waals surface area (Å²) < 4.78 is 3.32. The second-order valence-corrected chi connectivity index (χ2v) is 14.7. The average molecular weight is 700 g/mol. The molecule has 0 amide bonds. The lowest BCUT2D eigenvalue weighted by Crippen LogP contribution is -2.07. The van der Waals surface area contributed by atoms with E-state index in [0.29, 0.717) is 5.75 Å². The van der Waals surface area contributed by atoms with Crippen LogP contribution in [0.1, 0.15) is 54.1 Å². The highest BCUT2D eigenvalue weighted by molar-refractivity contribution is 9.10. The molecule has 10 heteroatoms. The minimum Gasteiger partial charge on any atom is -0.269 e. The Morgan fingerprint density at radius 1 is 0.909 bits per heavy atom. The summed E-state index contributed by atoms with van der Waals surface area (Å²) >= 11 is 8.77. The summed E-state index contributed by atoms with van der Waals surface area (Å²) in [7, 11) is 0. The lowest BCUT2D eigenvalue weighted by molar-refractivity contribution is 0.699. The van der Waals surface area contributed by atoms with Crippen LogP contribution in [0.15, 0.2) is 86.5 Å². The molecule has 1 aliphatic carbocycles. The SMILES string of the molecule is CCc1cccc(CC)c1-n1c(Sc2nc(CSc3ccc(Br)cc3)nc3sc4c(c23)CCCC4)nnc1-c1cccnc1. The zero-order valence-corrected chi connectivity index (χ0v) is 28.6. The third-order valence-corrected chi connectivity index (χ3v) is 11.6. The monoisotopic (exact) mass is 698 g/mol. The topological polar surface area (TPSA) is 69.4 Å². The van der Waals surface area contributed by atoms with Gasteiger partial charge in [-0.3, -0.25) is 9.55 Å². The maximum atomic E-state index is 5.25. The molecule has 0 fully saturated rings. The van der Waals surface area contributed by atoms with E-state index in [1.54, 1.807) is 29.7 Å². The number of aryl methyl sites for hydroxylation is 4. The zero-order chi connectivity index (χ0) is 30.0. The van der Waals surface area contributed by atoms with Crippen LogP contribution in [0.5, 0.6) is 0 Å². The summed E-state index contributed by atoms with van der Waals surface area (Å²) in [5.74, 6) is 2.33. The fraction of sp³-hybridized carbons (Fsp3) is 0.265. The van der Waals surface area contributed by atoms with Gasteiger partial charge in [0.1, 0.15) is 15.7 Å². The van der Waals surface area contributed by atoms with Crippen molar-refractivity contribution < 1.29 is 0 Å². The molecule has 0 saturated carbocycles. The fourth-order valence-corrected chi connectivity index (χ4v) is 9.15. The van der Waals surface area contributed by atoms with Gasteiger partial charge in [0.05, 0.1) is 11.4 Å². The molecule has 0 unspecified atom stereocenters. The number of aromatic nitrogens is 6. The molecule has 2 aromatic carbocycles. The van der Waals surface area contributed by atoms with Gasteiger partial charge in [-0.25, -0.2) is 9.97 Å². The Labute approximate surface area is 278 Å². The third-order valence-electron chi connectivity index (χ3n) is 7.94. The van der Waals surface area contributed by atoms with Gasteiger partial charge in [-0.2, -0.15) is 0 Å². The van der Waals surface area contributed by atoms with E-state index in [9.17, 15) is 0 Å². The van der Waals surface area contributed by atoms with Crippen LogP contribution in [0.3, 0.4) is 0 Å². The van der Waals surface area contributed by atoms with Gasteiger partial charge in [0.2, 0.25) is 5.16 Å². The average Bonchev–Trinajstić information content (AvgIpc) is 3.65. The van der Waals surface area contributed by atoms with Gasteiger partial charge in [-0.1, -0.05) is 48.0 Å². The van der Waals surface area contributed by atoms with E-state index in [2.05, 4.69) is 87.9 Å². The first-order valence-corrected chi connectivity index (χ1v) is 18.4. The second-order valence-electron chi connectivity index (χ2n) is 10.7. The van der Waals surface area contributed by atoms with Crippen molar-refractivity contribution in [2.24, 2.45) is 0 Å². The fourth-order valence-electron chi connectivity index (χ4n) is 5.79. The van der Waals surface area contributed by atoms with Crippen LogP contribution >= 0.6 is 50.8 Å². The van der Waals surface area contributed by atoms with Crippen molar-refractivity contribution in [3.63, 3.8) is 0 Å². The molecule has 4 heterocycles. The van der Waals surface area contributed by atoms with Crippen molar-refractivity contribution in [1.82, 2.24) is 29.7 Å². The summed E-state index contributed by atoms with van der Waals surface area (Å²) in [6.07, 6.45) is 10.1. The van der Waals surface area contributed by atoms with E-state index < -0.39 is 0 Å². The third kappa shape index (κ3) is 5.85. The quantitative estimate of drug-likeness (QED) is 0.110. The summed E-state index contributed by atoms with van der Waals surface area (Å²) in [6.45, 7) is 4.42. The van der Waals surface area contributed by atoms with E-state index in [1.165, 1.54) is 44.7 Å².